The third kappa shape index (κ3) is 3.78. The van der Waals surface area contributed by atoms with Gasteiger partial charge in [-0.2, -0.15) is 0 Å². The summed E-state index contributed by atoms with van der Waals surface area (Å²) in [6.45, 7) is 6.38. The van der Waals surface area contributed by atoms with E-state index in [0.717, 1.165) is 12.3 Å². The first kappa shape index (κ1) is 9.61. The lowest BCUT2D eigenvalue weighted by Gasteiger charge is -2.08. The largest absolute Gasteiger partial charge is 0.327 e. The first-order valence-electron chi connectivity index (χ1n) is 4.74. The highest BCUT2D eigenvalue weighted by Gasteiger charge is 2.27. The Morgan fingerprint density at radius 3 is 2.42 bits per heavy atom. The molecule has 1 unspecified atom stereocenters. The monoisotopic (exact) mass is 165 g/mol. The summed E-state index contributed by atoms with van der Waals surface area (Å²) in [5.41, 5.74) is 6.03. The van der Waals surface area contributed by atoms with Crippen molar-refractivity contribution in [3.63, 3.8) is 0 Å². The van der Waals surface area contributed by atoms with E-state index in [1.165, 1.54) is 12.8 Å². The lowest BCUT2D eigenvalue weighted by molar-refractivity contribution is 0.566. The van der Waals surface area contributed by atoms with Crippen LogP contribution in [0.1, 0.15) is 40.0 Å². The van der Waals surface area contributed by atoms with Crippen molar-refractivity contribution in [2.45, 2.75) is 46.1 Å². The fourth-order valence-corrected chi connectivity index (χ4v) is 1.13. The number of nitrogens with two attached hydrogens (primary N) is 1. The summed E-state index contributed by atoms with van der Waals surface area (Å²) < 4.78 is 0. The average molecular weight is 165 g/mol. The highest BCUT2D eigenvalue weighted by Crippen LogP contribution is 2.32. The molecule has 1 nitrogen and oxygen atoms in total. The van der Waals surface area contributed by atoms with Gasteiger partial charge in [0.2, 0.25) is 0 Å². The molecule has 0 aromatic heterocycles. The third-order valence-corrected chi connectivity index (χ3v) is 2.03. The molecule has 12 heavy (non-hydrogen) atoms. The zero-order valence-corrected chi connectivity index (χ0v) is 8.35. The van der Waals surface area contributed by atoms with Gasteiger partial charge in [0.05, 0.1) is 0 Å². The van der Waals surface area contributed by atoms with E-state index in [2.05, 4.69) is 32.6 Å². The van der Waals surface area contributed by atoms with Crippen molar-refractivity contribution in [1.29, 1.82) is 0 Å². The maximum Gasteiger partial charge on any atom is 0.0244 e. The lowest BCUT2D eigenvalue weighted by atomic mass is 9.97. The van der Waals surface area contributed by atoms with Gasteiger partial charge >= 0.3 is 0 Å². The molecule has 0 heterocycles. The van der Waals surface area contributed by atoms with E-state index in [0.29, 0.717) is 6.04 Å². The normalized spacial score (nSPS) is 19.7. The zero-order chi connectivity index (χ0) is 9.19. The van der Waals surface area contributed by atoms with Crippen LogP contribution in [0.2, 0.25) is 0 Å². The van der Waals surface area contributed by atoms with Gasteiger partial charge in [-0.05, 0) is 39.5 Å². The van der Waals surface area contributed by atoms with Crippen molar-refractivity contribution in [1.82, 2.24) is 0 Å². The average Bonchev–Trinajstić information content (AvgIpc) is 2.64. The molecule has 1 atom stereocenters. The summed E-state index contributed by atoms with van der Waals surface area (Å²) in [4.78, 5) is 0. The predicted molar refractivity (Wildman–Crippen MR) is 52.5 cm³/mol. The van der Waals surface area contributed by atoms with E-state index in [1.807, 2.05) is 0 Å². The van der Waals surface area contributed by atoms with Gasteiger partial charge in [-0.15, -0.1) is 5.92 Å². The Bertz CT molecular complexity index is 197. The molecule has 1 aliphatic rings. The minimum Gasteiger partial charge on any atom is -0.327 e. The van der Waals surface area contributed by atoms with Crippen molar-refractivity contribution in [3.8, 4) is 11.8 Å². The van der Waals surface area contributed by atoms with Gasteiger partial charge in [-0.25, -0.2) is 0 Å². The molecule has 0 aromatic carbocycles. The first-order valence-corrected chi connectivity index (χ1v) is 4.74. The van der Waals surface area contributed by atoms with Crippen LogP contribution in [-0.4, -0.2) is 6.04 Å². The minimum absolute atomic E-state index is 0.128. The standard InChI is InChI=1S/C11H19N/c1-11(2,3)8-4-5-10(12)9-6-7-9/h9-10H,5-7,12H2,1-3H3. The SMILES string of the molecule is CC(C)(C)C#CCC(N)C1CC1. The van der Waals surface area contributed by atoms with E-state index >= 15 is 0 Å². The fraction of sp³-hybridized carbons (Fsp3) is 0.818. The zero-order valence-electron chi connectivity index (χ0n) is 8.35. The maximum atomic E-state index is 5.91. The van der Waals surface area contributed by atoms with Crippen LogP contribution in [0.25, 0.3) is 0 Å². The molecule has 0 spiro atoms. The Morgan fingerprint density at radius 1 is 1.42 bits per heavy atom. The topological polar surface area (TPSA) is 26.0 Å². The predicted octanol–water partition coefficient (Wildman–Crippen LogP) is 2.16. The molecule has 0 saturated heterocycles. The van der Waals surface area contributed by atoms with Crippen LogP contribution >= 0.6 is 0 Å². The smallest absolute Gasteiger partial charge is 0.0244 e. The molecule has 1 fully saturated rings. The molecule has 1 heteroatoms. The van der Waals surface area contributed by atoms with Gasteiger partial charge in [0.15, 0.2) is 0 Å². The molecule has 1 rings (SSSR count). The van der Waals surface area contributed by atoms with Crippen LogP contribution in [0, 0.1) is 23.2 Å². The van der Waals surface area contributed by atoms with E-state index in [4.69, 9.17) is 5.73 Å². The Kier molecular flexibility index (Phi) is 2.80. The van der Waals surface area contributed by atoms with Crippen LogP contribution in [-0.2, 0) is 0 Å². The maximum absolute atomic E-state index is 5.91. The summed E-state index contributed by atoms with van der Waals surface area (Å²) in [7, 11) is 0. The quantitative estimate of drug-likeness (QED) is 0.623. The van der Waals surface area contributed by atoms with E-state index in [9.17, 15) is 0 Å². The van der Waals surface area contributed by atoms with Gasteiger partial charge < -0.3 is 5.73 Å². The Morgan fingerprint density at radius 2 is 2.00 bits per heavy atom. The van der Waals surface area contributed by atoms with Gasteiger partial charge in [-0.3, -0.25) is 0 Å². The molecule has 0 aliphatic heterocycles. The molecule has 0 aromatic rings. The number of rotatable bonds is 2. The molecule has 1 aliphatic carbocycles. The van der Waals surface area contributed by atoms with E-state index in [-0.39, 0.29) is 5.41 Å². The second-order valence-corrected chi connectivity index (χ2v) is 4.76. The summed E-state index contributed by atoms with van der Waals surface area (Å²) >= 11 is 0. The van der Waals surface area contributed by atoms with Gasteiger partial charge in [0.25, 0.3) is 0 Å². The van der Waals surface area contributed by atoms with E-state index < -0.39 is 0 Å². The van der Waals surface area contributed by atoms with Gasteiger partial charge in [0.1, 0.15) is 0 Å². The van der Waals surface area contributed by atoms with Gasteiger partial charge in [0, 0.05) is 17.9 Å². The fourth-order valence-electron chi connectivity index (χ4n) is 1.13. The van der Waals surface area contributed by atoms with Crippen molar-refractivity contribution < 1.29 is 0 Å². The molecule has 68 valence electrons. The molecule has 1 saturated carbocycles. The van der Waals surface area contributed by atoms with Crippen molar-refractivity contribution in [3.05, 3.63) is 0 Å². The summed E-state index contributed by atoms with van der Waals surface area (Å²) in [5.74, 6) is 7.15. The first-order chi connectivity index (χ1) is 5.49. The summed E-state index contributed by atoms with van der Waals surface area (Å²) in [6.07, 6.45) is 3.51. The Labute approximate surface area is 75.7 Å². The Balaban J connectivity index is 2.26. The van der Waals surface area contributed by atoms with E-state index in [1.54, 1.807) is 0 Å². The Hall–Kier alpha value is -0.480. The molecular formula is C11H19N. The van der Waals surface area contributed by atoms with Crippen LogP contribution in [0.5, 0.6) is 0 Å². The molecular weight excluding hydrogens is 146 g/mol. The highest BCUT2D eigenvalue weighted by molar-refractivity contribution is 5.09. The third-order valence-electron chi connectivity index (χ3n) is 2.03. The van der Waals surface area contributed by atoms with Gasteiger partial charge in [-0.1, -0.05) is 5.92 Å². The summed E-state index contributed by atoms with van der Waals surface area (Å²) in [5, 5.41) is 0. The highest BCUT2D eigenvalue weighted by atomic mass is 14.7. The van der Waals surface area contributed by atoms with Crippen LogP contribution in [0.3, 0.4) is 0 Å². The summed E-state index contributed by atoms with van der Waals surface area (Å²) in [6, 6.07) is 0.333. The second kappa shape index (κ2) is 3.49. The van der Waals surface area contributed by atoms with Crippen molar-refractivity contribution in [2.24, 2.45) is 17.1 Å². The van der Waals surface area contributed by atoms with Crippen LogP contribution in [0.15, 0.2) is 0 Å². The van der Waals surface area contributed by atoms with Crippen LogP contribution < -0.4 is 5.73 Å². The van der Waals surface area contributed by atoms with Crippen molar-refractivity contribution >= 4 is 0 Å². The molecule has 0 bridgehead atoms. The number of hydrogen-bond acceptors (Lipinski definition) is 1. The minimum atomic E-state index is 0.128. The lowest BCUT2D eigenvalue weighted by Crippen LogP contribution is -2.21. The molecule has 2 N–H and O–H groups in total. The molecule has 0 amide bonds. The number of hydrogen-bond donors (Lipinski definition) is 1. The molecule has 0 radical (unpaired) electrons. The second-order valence-electron chi connectivity index (χ2n) is 4.76. The van der Waals surface area contributed by atoms with Crippen LogP contribution in [0.4, 0.5) is 0 Å². The van der Waals surface area contributed by atoms with Crippen molar-refractivity contribution in [2.75, 3.05) is 0 Å².